The highest BCUT2D eigenvalue weighted by atomic mass is 79.9. The number of hydrogen-bond donors (Lipinski definition) is 0. The molecule has 2 rings (SSSR count). The van der Waals surface area contributed by atoms with Crippen LogP contribution in [0.15, 0.2) is 57.9 Å². The molecule has 6 heteroatoms. The lowest BCUT2D eigenvalue weighted by Crippen LogP contribution is -2.27. The Morgan fingerprint density at radius 3 is 2.29 bits per heavy atom. The van der Waals surface area contributed by atoms with E-state index in [0.29, 0.717) is 10.2 Å². The molecular weight excluding hydrogens is 354 g/mol. The number of ketones is 1. The van der Waals surface area contributed by atoms with Gasteiger partial charge in [-0.2, -0.15) is 0 Å². The normalized spacial score (nSPS) is 11.2. The molecule has 0 aliphatic carbocycles. The first kappa shape index (κ1) is 15.7. The van der Waals surface area contributed by atoms with Crippen LogP contribution in [0.4, 0.5) is 5.69 Å². The SMILES string of the molecule is CC(=O)c1ccc(Br)cc1S(=O)(=O)N(C)c1ccccc1. The molecule has 0 aliphatic rings. The molecule has 0 radical (unpaired) electrons. The van der Waals surface area contributed by atoms with Gasteiger partial charge in [-0.25, -0.2) is 8.42 Å². The van der Waals surface area contributed by atoms with Crippen molar-refractivity contribution in [1.82, 2.24) is 0 Å². The summed E-state index contributed by atoms with van der Waals surface area (Å²) in [5.74, 6) is -0.289. The third-order valence-electron chi connectivity index (χ3n) is 3.08. The zero-order chi connectivity index (χ0) is 15.6. The fourth-order valence-electron chi connectivity index (χ4n) is 1.92. The summed E-state index contributed by atoms with van der Waals surface area (Å²) in [5, 5.41) is 0. The molecule has 0 fully saturated rings. The van der Waals surface area contributed by atoms with E-state index in [1.54, 1.807) is 30.3 Å². The van der Waals surface area contributed by atoms with Crippen LogP contribution in [-0.4, -0.2) is 21.2 Å². The van der Waals surface area contributed by atoms with Gasteiger partial charge in [-0.05, 0) is 37.3 Å². The second-order valence-electron chi connectivity index (χ2n) is 4.50. The Morgan fingerprint density at radius 2 is 1.71 bits per heavy atom. The highest BCUT2D eigenvalue weighted by molar-refractivity contribution is 9.10. The first-order valence-corrected chi connectivity index (χ1v) is 8.42. The molecule has 21 heavy (non-hydrogen) atoms. The molecule has 2 aromatic carbocycles. The Labute approximate surface area is 132 Å². The van der Waals surface area contributed by atoms with Crippen LogP contribution in [0.3, 0.4) is 0 Å². The predicted octanol–water partition coefficient (Wildman–Crippen LogP) is 3.48. The number of anilines is 1. The molecule has 0 saturated heterocycles. The van der Waals surface area contributed by atoms with Gasteiger partial charge in [0.15, 0.2) is 5.78 Å². The molecule has 0 aliphatic heterocycles. The number of hydrogen-bond acceptors (Lipinski definition) is 3. The van der Waals surface area contributed by atoms with E-state index in [0.717, 1.165) is 0 Å². The molecule has 0 unspecified atom stereocenters. The molecule has 0 N–H and O–H groups in total. The summed E-state index contributed by atoms with van der Waals surface area (Å²) in [6.07, 6.45) is 0. The van der Waals surface area contributed by atoms with Gasteiger partial charge < -0.3 is 0 Å². The summed E-state index contributed by atoms with van der Waals surface area (Å²) >= 11 is 3.25. The number of carbonyl (C=O) groups is 1. The van der Waals surface area contributed by atoms with Crippen LogP contribution in [0.25, 0.3) is 0 Å². The van der Waals surface area contributed by atoms with Gasteiger partial charge in [-0.15, -0.1) is 0 Å². The van der Waals surface area contributed by atoms with E-state index in [9.17, 15) is 13.2 Å². The molecule has 0 aromatic heterocycles. The largest absolute Gasteiger partial charge is 0.294 e. The third kappa shape index (κ3) is 3.16. The second-order valence-corrected chi connectivity index (χ2v) is 7.36. The number of para-hydroxylation sites is 1. The highest BCUT2D eigenvalue weighted by Gasteiger charge is 2.26. The van der Waals surface area contributed by atoms with Gasteiger partial charge in [0.05, 0.1) is 10.6 Å². The number of carbonyl (C=O) groups excluding carboxylic acids is 1. The number of sulfonamides is 1. The van der Waals surface area contributed by atoms with E-state index in [1.165, 1.54) is 30.4 Å². The number of Topliss-reactive ketones (excluding diaryl/α,β-unsaturated/α-hetero) is 1. The maximum Gasteiger partial charge on any atom is 0.264 e. The van der Waals surface area contributed by atoms with Gasteiger partial charge in [-0.1, -0.05) is 34.1 Å². The van der Waals surface area contributed by atoms with Crippen molar-refractivity contribution in [1.29, 1.82) is 0 Å². The van der Waals surface area contributed by atoms with Crippen LogP contribution in [0.1, 0.15) is 17.3 Å². The highest BCUT2D eigenvalue weighted by Crippen LogP contribution is 2.27. The molecule has 4 nitrogen and oxygen atoms in total. The van der Waals surface area contributed by atoms with Crippen LogP contribution in [-0.2, 0) is 10.0 Å². The van der Waals surface area contributed by atoms with Gasteiger partial charge in [0.1, 0.15) is 0 Å². The summed E-state index contributed by atoms with van der Waals surface area (Å²) in [7, 11) is -2.34. The smallest absolute Gasteiger partial charge is 0.264 e. The number of nitrogens with zero attached hydrogens (tertiary/aromatic N) is 1. The summed E-state index contributed by atoms with van der Waals surface area (Å²) < 4.78 is 27.3. The Balaban J connectivity index is 2.59. The van der Waals surface area contributed by atoms with Crippen molar-refractivity contribution in [2.45, 2.75) is 11.8 Å². The lowest BCUT2D eigenvalue weighted by molar-refractivity contribution is 0.101. The molecular formula is C15H14BrNO3S. The molecule has 0 heterocycles. The maximum absolute atomic E-state index is 12.8. The van der Waals surface area contributed by atoms with Gasteiger partial charge in [0, 0.05) is 17.1 Å². The first-order chi connectivity index (χ1) is 9.84. The molecule has 110 valence electrons. The van der Waals surface area contributed by atoms with Crippen LogP contribution in [0, 0.1) is 0 Å². The van der Waals surface area contributed by atoms with Crippen molar-refractivity contribution in [2.24, 2.45) is 0 Å². The van der Waals surface area contributed by atoms with Crippen molar-refractivity contribution >= 4 is 37.4 Å². The van der Waals surface area contributed by atoms with Crippen molar-refractivity contribution in [3.8, 4) is 0 Å². The van der Waals surface area contributed by atoms with Crippen molar-refractivity contribution in [3.05, 3.63) is 58.6 Å². The minimum Gasteiger partial charge on any atom is -0.294 e. The topological polar surface area (TPSA) is 54.5 Å². The van der Waals surface area contributed by atoms with Crippen LogP contribution in [0.5, 0.6) is 0 Å². The molecule has 2 aromatic rings. The average molecular weight is 368 g/mol. The Bertz CT molecular complexity index is 773. The zero-order valence-corrected chi connectivity index (χ0v) is 14.0. The Morgan fingerprint density at radius 1 is 1.10 bits per heavy atom. The molecule has 0 saturated carbocycles. The lowest BCUT2D eigenvalue weighted by atomic mass is 10.1. The van der Waals surface area contributed by atoms with E-state index in [-0.39, 0.29) is 16.2 Å². The predicted molar refractivity (Wildman–Crippen MR) is 86.2 cm³/mol. The minimum atomic E-state index is -3.81. The van der Waals surface area contributed by atoms with Crippen molar-refractivity contribution < 1.29 is 13.2 Å². The Kier molecular flexibility index (Phi) is 4.49. The summed E-state index contributed by atoms with van der Waals surface area (Å²) in [5.41, 5.74) is 0.716. The minimum absolute atomic E-state index is 0.00396. The number of benzene rings is 2. The van der Waals surface area contributed by atoms with E-state index < -0.39 is 10.0 Å². The molecule has 0 amide bonds. The Hall–Kier alpha value is -1.66. The number of halogens is 1. The van der Waals surface area contributed by atoms with Crippen LogP contribution in [0.2, 0.25) is 0 Å². The molecule has 0 bridgehead atoms. The fraction of sp³-hybridized carbons (Fsp3) is 0.133. The van der Waals surface area contributed by atoms with Gasteiger partial charge in [0.25, 0.3) is 10.0 Å². The maximum atomic E-state index is 12.8. The van der Waals surface area contributed by atoms with Crippen LogP contribution >= 0.6 is 15.9 Å². The van der Waals surface area contributed by atoms with Crippen LogP contribution < -0.4 is 4.31 Å². The monoisotopic (exact) mass is 367 g/mol. The summed E-state index contributed by atoms with van der Waals surface area (Å²) in [6.45, 7) is 1.35. The van der Waals surface area contributed by atoms with E-state index >= 15 is 0 Å². The number of rotatable bonds is 4. The molecule has 0 spiro atoms. The standard InChI is InChI=1S/C15H14BrNO3S/c1-11(18)14-9-8-12(16)10-15(14)21(19,20)17(2)13-6-4-3-5-7-13/h3-10H,1-2H3. The summed E-state index contributed by atoms with van der Waals surface area (Å²) in [6, 6.07) is 13.3. The van der Waals surface area contributed by atoms with E-state index in [2.05, 4.69) is 15.9 Å². The van der Waals surface area contributed by atoms with Gasteiger partial charge in [0.2, 0.25) is 0 Å². The fourth-order valence-corrected chi connectivity index (χ4v) is 3.90. The first-order valence-electron chi connectivity index (χ1n) is 6.18. The average Bonchev–Trinajstić information content (AvgIpc) is 2.47. The van der Waals surface area contributed by atoms with Gasteiger partial charge >= 0.3 is 0 Å². The lowest BCUT2D eigenvalue weighted by Gasteiger charge is -2.21. The van der Waals surface area contributed by atoms with Crippen molar-refractivity contribution in [2.75, 3.05) is 11.4 Å². The summed E-state index contributed by atoms with van der Waals surface area (Å²) in [4.78, 5) is 11.7. The quantitative estimate of drug-likeness (QED) is 0.777. The zero-order valence-electron chi connectivity index (χ0n) is 11.6. The van der Waals surface area contributed by atoms with E-state index in [4.69, 9.17) is 0 Å². The van der Waals surface area contributed by atoms with E-state index in [1.807, 2.05) is 6.07 Å². The molecule has 0 atom stereocenters. The third-order valence-corrected chi connectivity index (χ3v) is 5.40. The second kappa shape index (κ2) is 5.99. The van der Waals surface area contributed by atoms with Crippen molar-refractivity contribution in [3.63, 3.8) is 0 Å². The van der Waals surface area contributed by atoms with Gasteiger partial charge in [-0.3, -0.25) is 9.10 Å².